The molecule has 1 fully saturated rings. The summed E-state index contributed by atoms with van der Waals surface area (Å²) in [6.07, 6.45) is -1.21. The standard InChI is InChI=1S/C21H22N2O6/c1-14(24)29-13-21(18(25)22-20(27)23-19(21)26)11-16-8-5-9-17(10-16)28-12-15-6-3-2-4-7-15/h2-10,14,24H,11-13H2,1H3,(H2,22,23,25,26,27). The van der Waals surface area contributed by atoms with E-state index < -0.39 is 29.6 Å². The number of nitrogens with one attached hydrogen (secondary N) is 2. The van der Waals surface area contributed by atoms with Gasteiger partial charge in [-0.15, -0.1) is 0 Å². The van der Waals surface area contributed by atoms with Gasteiger partial charge in [-0.25, -0.2) is 4.79 Å². The van der Waals surface area contributed by atoms with Crippen molar-refractivity contribution >= 4 is 17.8 Å². The number of benzene rings is 2. The predicted molar refractivity (Wildman–Crippen MR) is 103 cm³/mol. The summed E-state index contributed by atoms with van der Waals surface area (Å²) < 4.78 is 11.0. The highest BCUT2D eigenvalue weighted by atomic mass is 16.6. The summed E-state index contributed by atoms with van der Waals surface area (Å²) in [5, 5.41) is 13.6. The zero-order chi connectivity index (χ0) is 20.9. The minimum Gasteiger partial charge on any atom is -0.489 e. The second-order valence-electron chi connectivity index (χ2n) is 6.83. The first-order valence-corrected chi connectivity index (χ1v) is 9.11. The van der Waals surface area contributed by atoms with Crippen molar-refractivity contribution in [2.45, 2.75) is 26.2 Å². The number of ether oxygens (including phenoxy) is 2. The van der Waals surface area contributed by atoms with Gasteiger partial charge in [0, 0.05) is 0 Å². The van der Waals surface area contributed by atoms with Crippen molar-refractivity contribution in [3.63, 3.8) is 0 Å². The van der Waals surface area contributed by atoms with E-state index in [-0.39, 0.29) is 13.0 Å². The number of aliphatic hydroxyl groups is 1. The van der Waals surface area contributed by atoms with Crippen LogP contribution < -0.4 is 15.4 Å². The lowest BCUT2D eigenvalue weighted by Crippen LogP contribution is -2.65. The quantitative estimate of drug-likeness (QED) is 0.459. The molecule has 0 aliphatic carbocycles. The molecular formula is C21H22N2O6. The SMILES string of the molecule is CC(O)OCC1(Cc2cccc(OCc3ccccc3)c2)C(=O)NC(=O)NC1=O. The highest BCUT2D eigenvalue weighted by Gasteiger charge is 2.51. The molecule has 8 nitrogen and oxygen atoms in total. The Labute approximate surface area is 167 Å². The maximum absolute atomic E-state index is 12.6. The average molecular weight is 398 g/mol. The van der Waals surface area contributed by atoms with Gasteiger partial charge in [-0.3, -0.25) is 20.2 Å². The van der Waals surface area contributed by atoms with Crippen LogP contribution in [0.25, 0.3) is 0 Å². The fourth-order valence-electron chi connectivity index (χ4n) is 3.02. The predicted octanol–water partition coefficient (Wildman–Crippen LogP) is 1.52. The minimum absolute atomic E-state index is 0.0345. The summed E-state index contributed by atoms with van der Waals surface area (Å²) in [6.45, 7) is 1.36. The Morgan fingerprint density at radius 3 is 2.28 bits per heavy atom. The van der Waals surface area contributed by atoms with Crippen LogP contribution >= 0.6 is 0 Å². The van der Waals surface area contributed by atoms with E-state index in [2.05, 4.69) is 10.6 Å². The maximum Gasteiger partial charge on any atom is 0.328 e. The third-order valence-electron chi connectivity index (χ3n) is 4.55. The number of rotatable bonds is 8. The topological polar surface area (TPSA) is 114 Å². The Hall–Kier alpha value is -3.23. The molecule has 0 radical (unpaired) electrons. The van der Waals surface area contributed by atoms with Gasteiger partial charge in [0.05, 0.1) is 6.61 Å². The number of carbonyl (C=O) groups is 3. The van der Waals surface area contributed by atoms with Crippen LogP contribution in [0.5, 0.6) is 5.75 Å². The minimum atomic E-state index is -1.69. The van der Waals surface area contributed by atoms with Crippen LogP contribution in [0.3, 0.4) is 0 Å². The molecule has 1 unspecified atom stereocenters. The number of aliphatic hydroxyl groups excluding tert-OH is 1. The lowest BCUT2D eigenvalue weighted by molar-refractivity contribution is -0.158. The molecule has 1 aliphatic heterocycles. The van der Waals surface area contributed by atoms with Crippen LogP contribution in [0.2, 0.25) is 0 Å². The number of imide groups is 2. The highest BCUT2D eigenvalue weighted by molar-refractivity contribution is 6.19. The number of hydrogen-bond donors (Lipinski definition) is 3. The largest absolute Gasteiger partial charge is 0.489 e. The first kappa shape index (κ1) is 20.5. The first-order valence-electron chi connectivity index (χ1n) is 9.11. The van der Waals surface area contributed by atoms with Crippen LogP contribution in [0, 0.1) is 5.41 Å². The zero-order valence-electron chi connectivity index (χ0n) is 15.9. The van der Waals surface area contributed by atoms with E-state index in [9.17, 15) is 19.5 Å². The zero-order valence-corrected chi connectivity index (χ0v) is 15.9. The van der Waals surface area contributed by atoms with Crippen molar-refractivity contribution in [3.05, 3.63) is 65.7 Å². The van der Waals surface area contributed by atoms with E-state index in [1.54, 1.807) is 24.3 Å². The van der Waals surface area contributed by atoms with Gasteiger partial charge in [-0.2, -0.15) is 0 Å². The van der Waals surface area contributed by atoms with Crippen molar-refractivity contribution in [2.75, 3.05) is 6.61 Å². The molecule has 2 aromatic carbocycles. The van der Waals surface area contributed by atoms with Gasteiger partial charge in [0.25, 0.3) is 0 Å². The van der Waals surface area contributed by atoms with Crippen LogP contribution in [-0.2, 0) is 27.4 Å². The van der Waals surface area contributed by atoms with Crippen molar-refractivity contribution in [1.82, 2.24) is 10.6 Å². The van der Waals surface area contributed by atoms with Crippen LogP contribution in [0.1, 0.15) is 18.1 Å². The van der Waals surface area contributed by atoms with E-state index in [0.717, 1.165) is 5.56 Å². The van der Waals surface area contributed by atoms with Crippen molar-refractivity contribution in [1.29, 1.82) is 0 Å². The molecule has 8 heteroatoms. The molecule has 1 heterocycles. The van der Waals surface area contributed by atoms with Gasteiger partial charge in [0.2, 0.25) is 11.8 Å². The van der Waals surface area contributed by atoms with Gasteiger partial charge in [-0.05, 0) is 36.6 Å². The maximum atomic E-state index is 12.6. The van der Waals surface area contributed by atoms with Crippen LogP contribution in [0.15, 0.2) is 54.6 Å². The number of hydrogen-bond acceptors (Lipinski definition) is 6. The average Bonchev–Trinajstić information content (AvgIpc) is 2.69. The Kier molecular flexibility index (Phi) is 6.26. The molecule has 3 rings (SSSR count). The number of urea groups is 1. The normalized spacial score (nSPS) is 16.7. The van der Waals surface area contributed by atoms with Gasteiger partial charge in [-0.1, -0.05) is 42.5 Å². The molecule has 152 valence electrons. The van der Waals surface area contributed by atoms with Gasteiger partial charge in [0.1, 0.15) is 12.4 Å². The molecule has 3 N–H and O–H groups in total. The van der Waals surface area contributed by atoms with Crippen LogP contribution in [0.4, 0.5) is 4.79 Å². The van der Waals surface area contributed by atoms with Crippen LogP contribution in [-0.4, -0.2) is 35.8 Å². The summed E-state index contributed by atoms with van der Waals surface area (Å²) in [6, 6.07) is 15.8. The fraction of sp³-hybridized carbons (Fsp3) is 0.286. The second-order valence-corrected chi connectivity index (χ2v) is 6.83. The molecule has 0 saturated carbocycles. The highest BCUT2D eigenvalue weighted by Crippen LogP contribution is 2.29. The Morgan fingerprint density at radius 2 is 1.62 bits per heavy atom. The van der Waals surface area contributed by atoms with Crippen molar-refractivity contribution < 1.29 is 29.0 Å². The van der Waals surface area contributed by atoms with Crippen molar-refractivity contribution in [2.24, 2.45) is 5.41 Å². The molecule has 4 amide bonds. The number of barbiturate groups is 1. The van der Waals surface area contributed by atoms with E-state index in [1.807, 2.05) is 30.3 Å². The molecular weight excluding hydrogens is 376 g/mol. The Bertz CT molecular complexity index is 877. The summed E-state index contributed by atoms with van der Waals surface area (Å²) in [5.74, 6) is -0.976. The summed E-state index contributed by atoms with van der Waals surface area (Å²) >= 11 is 0. The Balaban J connectivity index is 1.79. The van der Waals surface area contributed by atoms with E-state index >= 15 is 0 Å². The van der Waals surface area contributed by atoms with Gasteiger partial charge < -0.3 is 14.6 Å². The number of carbonyl (C=O) groups excluding carboxylic acids is 3. The lowest BCUT2D eigenvalue weighted by Gasteiger charge is -2.34. The molecule has 2 aromatic rings. The van der Waals surface area contributed by atoms with Gasteiger partial charge in [0.15, 0.2) is 11.7 Å². The first-order chi connectivity index (χ1) is 13.9. The lowest BCUT2D eigenvalue weighted by atomic mass is 9.79. The second kappa shape index (κ2) is 8.85. The molecule has 29 heavy (non-hydrogen) atoms. The summed E-state index contributed by atoms with van der Waals surface area (Å²) in [4.78, 5) is 36.6. The number of amides is 4. The monoisotopic (exact) mass is 398 g/mol. The molecule has 1 saturated heterocycles. The smallest absolute Gasteiger partial charge is 0.328 e. The fourth-order valence-corrected chi connectivity index (χ4v) is 3.02. The molecule has 0 spiro atoms. The van der Waals surface area contributed by atoms with E-state index in [1.165, 1.54) is 6.92 Å². The molecule has 0 aromatic heterocycles. The molecule has 1 atom stereocenters. The molecule has 1 aliphatic rings. The van der Waals surface area contributed by atoms with E-state index in [0.29, 0.717) is 17.9 Å². The van der Waals surface area contributed by atoms with Crippen molar-refractivity contribution in [3.8, 4) is 5.75 Å². The third-order valence-corrected chi connectivity index (χ3v) is 4.55. The summed E-state index contributed by atoms with van der Waals surface area (Å²) in [7, 11) is 0. The van der Waals surface area contributed by atoms with E-state index in [4.69, 9.17) is 9.47 Å². The Morgan fingerprint density at radius 1 is 0.966 bits per heavy atom. The third kappa shape index (κ3) is 4.98. The summed E-state index contributed by atoms with van der Waals surface area (Å²) in [5.41, 5.74) is -0.0446. The van der Waals surface area contributed by atoms with Gasteiger partial charge >= 0.3 is 6.03 Å². The molecule has 0 bridgehead atoms.